The Labute approximate surface area is 288 Å². The highest BCUT2D eigenvalue weighted by atomic mass is 32.2. The van der Waals surface area contributed by atoms with E-state index < -0.39 is 15.3 Å². The zero-order chi connectivity index (χ0) is 34.1. The van der Waals surface area contributed by atoms with Gasteiger partial charge in [0.2, 0.25) is 11.8 Å². The van der Waals surface area contributed by atoms with Crippen molar-refractivity contribution in [3.8, 4) is 22.4 Å². The van der Waals surface area contributed by atoms with Gasteiger partial charge >= 0.3 is 0 Å². The van der Waals surface area contributed by atoms with E-state index in [4.69, 9.17) is 4.98 Å². The van der Waals surface area contributed by atoms with Crippen molar-refractivity contribution in [2.24, 2.45) is 0 Å². The molecule has 10 nitrogen and oxygen atoms in total. The van der Waals surface area contributed by atoms with Gasteiger partial charge in [0, 0.05) is 75.5 Å². The second kappa shape index (κ2) is 12.1. The zero-order valence-corrected chi connectivity index (χ0v) is 29.3. The summed E-state index contributed by atoms with van der Waals surface area (Å²) < 4.78 is 24.0. The van der Waals surface area contributed by atoms with Crippen molar-refractivity contribution in [3.05, 3.63) is 71.9 Å². The third-order valence-electron chi connectivity index (χ3n) is 11.6. The van der Waals surface area contributed by atoms with Gasteiger partial charge in [-0.1, -0.05) is 54.6 Å². The molecule has 2 aromatic heterocycles. The number of pyridine rings is 1. The highest BCUT2D eigenvalue weighted by Crippen LogP contribution is 2.53. The van der Waals surface area contributed by atoms with Crippen molar-refractivity contribution in [3.63, 3.8) is 0 Å². The minimum Gasteiger partial charge on any atom is -0.343 e. The number of amides is 2. The Kier molecular flexibility index (Phi) is 7.92. The number of sulfone groups is 1. The van der Waals surface area contributed by atoms with E-state index in [1.807, 2.05) is 24.2 Å². The molecule has 0 bridgehead atoms. The number of anilines is 1. The third kappa shape index (κ3) is 5.46. The van der Waals surface area contributed by atoms with Gasteiger partial charge in [-0.2, -0.15) is 0 Å². The van der Waals surface area contributed by atoms with Crippen molar-refractivity contribution < 1.29 is 18.0 Å². The first-order valence-corrected chi connectivity index (χ1v) is 19.4. The minimum absolute atomic E-state index is 0.126. The van der Waals surface area contributed by atoms with Crippen LogP contribution in [0.2, 0.25) is 0 Å². The maximum atomic E-state index is 14.1. The van der Waals surface area contributed by atoms with Gasteiger partial charge in [-0.05, 0) is 55.5 Å². The quantitative estimate of drug-likeness (QED) is 0.321. The maximum Gasteiger partial charge on any atom is 0.240 e. The monoisotopic (exact) mass is 680 g/mol. The largest absolute Gasteiger partial charge is 0.343 e. The number of aromatic nitrogens is 2. The summed E-state index contributed by atoms with van der Waals surface area (Å²) in [5, 5.41) is 0.781. The molecule has 4 aromatic rings. The first-order valence-electron chi connectivity index (χ1n) is 17.4. The first kappa shape index (κ1) is 32.2. The summed E-state index contributed by atoms with van der Waals surface area (Å²) in [7, 11) is -1.12. The van der Waals surface area contributed by atoms with Crippen molar-refractivity contribution in [2.75, 3.05) is 57.5 Å². The lowest BCUT2D eigenvalue weighted by molar-refractivity contribution is -0.133. The molecule has 256 valence electrons. The first-order chi connectivity index (χ1) is 23.5. The number of hydrogen-bond donors (Lipinski definition) is 1. The van der Waals surface area contributed by atoms with Crippen molar-refractivity contribution in [1.82, 2.24) is 24.7 Å². The van der Waals surface area contributed by atoms with Gasteiger partial charge in [0.25, 0.3) is 0 Å². The second-order valence-corrected chi connectivity index (χ2v) is 16.9. The predicted octanol–water partition coefficient (Wildman–Crippen LogP) is 4.45. The van der Waals surface area contributed by atoms with Crippen molar-refractivity contribution in [2.45, 2.75) is 55.9 Å². The summed E-state index contributed by atoms with van der Waals surface area (Å²) in [6.07, 6.45) is 6.42. The molecule has 0 atom stereocenters. The number of piperidine rings is 2. The third-order valence-corrected chi connectivity index (χ3v) is 13.3. The standard InChI is InChI=1S/C38H44N6O4S/c1-25(45)43-19-13-29(14-20-43)44-23-38(24-44)34-31(41(2)37(38)46)21-39-36-33(34)32(27-7-5-4-6-8-27)35(40-36)28-11-9-26(10-12-28)22-42-17-15-30(16-18-42)49(3,47)48/h4-12,21,29-30H,13-20,22-24H2,1-3H3,(H,39,40). The van der Waals surface area contributed by atoms with Crippen LogP contribution in [-0.4, -0.2) is 109 Å². The van der Waals surface area contributed by atoms with Crippen LogP contribution in [0.4, 0.5) is 5.69 Å². The molecule has 4 aliphatic heterocycles. The molecule has 2 amide bonds. The predicted molar refractivity (Wildman–Crippen MR) is 192 cm³/mol. The number of benzene rings is 2. The van der Waals surface area contributed by atoms with Crippen LogP contribution in [0.1, 0.15) is 43.7 Å². The SMILES string of the molecule is CC(=O)N1CCC(N2CC3(C2)C(=O)N(C)c2cnc4[nH]c(-c5ccc(CN6CCC(S(C)(=O)=O)CC6)cc5)c(-c5ccccc5)c4c23)CC1. The molecule has 1 N–H and O–H groups in total. The summed E-state index contributed by atoms with van der Waals surface area (Å²) >= 11 is 0. The molecule has 0 aliphatic carbocycles. The van der Waals surface area contributed by atoms with E-state index in [1.54, 1.807) is 11.8 Å². The Morgan fingerprint density at radius 3 is 2.24 bits per heavy atom. The number of nitrogens with zero attached hydrogens (tertiary/aromatic N) is 5. The molecular formula is C38H44N6O4S. The second-order valence-electron chi connectivity index (χ2n) is 14.6. The van der Waals surface area contributed by atoms with Crippen LogP contribution in [0.5, 0.6) is 0 Å². The molecule has 11 heteroatoms. The Balaban J connectivity index is 1.13. The maximum absolute atomic E-state index is 14.1. The average molecular weight is 681 g/mol. The Morgan fingerprint density at radius 2 is 1.61 bits per heavy atom. The summed E-state index contributed by atoms with van der Waals surface area (Å²) in [6.45, 7) is 6.84. The molecule has 4 aliphatic rings. The van der Waals surface area contributed by atoms with Gasteiger partial charge in [0.15, 0.2) is 0 Å². The van der Waals surface area contributed by atoms with Crippen LogP contribution in [0.3, 0.4) is 0 Å². The van der Waals surface area contributed by atoms with Gasteiger partial charge in [-0.25, -0.2) is 13.4 Å². The molecule has 3 fully saturated rings. The van der Waals surface area contributed by atoms with Crippen LogP contribution < -0.4 is 4.90 Å². The average Bonchev–Trinajstić information content (AvgIpc) is 3.58. The smallest absolute Gasteiger partial charge is 0.240 e. The zero-order valence-electron chi connectivity index (χ0n) is 28.5. The van der Waals surface area contributed by atoms with Crippen LogP contribution in [0.15, 0.2) is 60.8 Å². The van der Waals surface area contributed by atoms with E-state index in [0.29, 0.717) is 32.0 Å². The van der Waals surface area contributed by atoms with Crippen molar-refractivity contribution in [1.29, 1.82) is 0 Å². The normalized spacial score (nSPS) is 20.7. The highest BCUT2D eigenvalue weighted by Gasteiger charge is 2.59. The summed E-state index contributed by atoms with van der Waals surface area (Å²) in [5.41, 5.74) is 7.43. The number of carbonyl (C=O) groups is 2. The van der Waals surface area contributed by atoms with Crippen LogP contribution in [0.25, 0.3) is 33.4 Å². The fourth-order valence-electron chi connectivity index (χ4n) is 8.81. The van der Waals surface area contributed by atoms with E-state index in [0.717, 1.165) is 90.2 Å². The fraction of sp³-hybridized carbons (Fsp3) is 0.447. The topological polar surface area (TPSA) is 110 Å². The van der Waals surface area contributed by atoms with Gasteiger partial charge < -0.3 is 14.8 Å². The fourth-order valence-corrected chi connectivity index (χ4v) is 9.87. The molecule has 2 aromatic carbocycles. The Hall–Kier alpha value is -4.06. The number of hydrogen-bond acceptors (Lipinski definition) is 7. The summed E-state index contributed by atoms with van der Waals surface area (Å²) in [4.78, 5) is 43.2. The van der Waals surface area contributed by atoms with Crippen molar-refractivity contribution >= 4 is 38.4 Å². The number of carbonyl (C=O) groups excluding carboxylic acids is 2. The number of rotatable bonds is 6. The molecule has 0 saturated carbocycles. The minimum atomic E-state index is -3.00. The molecule has 49 heavy (non-hydrogen) atoms. The van der Waals surface area contributed by atoms with Gasteiger partial charge in [-0.3, -0.25) is 19.4 Å². The molecule has 0 unspecified atom stereocenters. The number of H-pyrrole nitrogens is 1. The number of likely N-dealkylation sites (N-methyl/N-ethyl adjacent to an activating group) is 1. The van der Waals surface area contributed by atoms with E-state index in [2.05, 4.69) is 63.3 Å². The van der Waals surface area contributed by atoms with Gasteiger partial charge in [0.05, 0.1) is 22.8 Å². The molecular weight excluding hydrogens is 637 g/mol. The summed E-state index contributed by atoms with van der Waals surface area (Å²) in [5.74, 6) is 0.258. The van der Waals surface area contributed by atoms with Crippen LogP contribution in [-0.2, 0) is 31.4 Å². The molecule has 8 rings (SSSR count). The van der Waals surface area contributed by atoms with E-state index >= 15 is 0 Å². The number of nitrogens with one attached hydrogen (secondary N) is 1. The number of aromatic amines is 1. The van der Waals surface area contributed by atoms with E-state index in [1.165, 1.54) is 11.8 Å². The highest BCUT2D eigenvalue weighted by molar-refractivity contribution is 7.91. The molecule has 3 saturated heterocycles. The van der Waals surface area contributed by atoms with Crippen LogP contribution in [0, 0.1) is 0 Å². The molecule has 1 spiro atoms. The van der Waals surface area contributed by atoms with E-state index in [-0.39, 0.29) is 17.1 Å². The lowest BCUT2D eigenvalue weighted by atomic mass is 9.71. The van der Waals surface area contributed by atoms with Crippen LogP contribution >= 0.6 is 0 Å². The van der Waals surface area contributed by atoms with Gasteiger partial charge in [0.1, 0.15) is 20.9 Å². The number of fused-ring (bicyclic) bond motifs is 4. The Bertz CT molecular complexity index is 2020. The van der Waals surface area contributed by atoms with Gasteiger partial charge in [-0.15, -0.1) is 0 Å². The molecule has 6 heterocycles. The number of likely N-dealkylation sites (tertiary alicyclic amines) is 3. The lowest BCUT2D eigenvalue weighted by Gasteiger charge is -2.52. The van der Waals surface area contributed by atoms with E-state index in [9.17, 15) is 18.0 Å². The summed E-state index contributed by atoms with van der Waals surface area (Å²) in [6, 6.07) is 19.4. The molecule has 0 radical (unpaired) electrons. The lowest BCUT2D eigenvalue weighted by Crippen LogP contribution is -2.67. The Morgan fingerprint density at radius 1 is 0.939 bits per heavy atom.